The second-order valence-electron chi connectivity index (χ2n) is 4.21. The van der Waals surface area contributed by atoms with Crippen LogP contribution in [0.15, 0.2) is 48.5 Å². The van der Waals surface area contributed by atoms with Gasteiger partial charge in [-0.25, -0.2) is 0 Å². The highest BCUT2D eigenvalue weighted by Gasteiger charge is 2.15. The van der Waals surface area contributed by atoms with Crippen molar-refractivity contribution < 1.29 is 5.11 Å². The van der Waals surface area contributed by atoms with Crippen LogP contribution in [0.5, 0.6) is 0 Å². The van der Waals surface area contributed by atoms with Crippen LogP contribution in [0.2, 0.25) is 0 Å². The van der Waals surface area contributed by atoms with Gasteiger partial charge in [-0.2, -0.15) is 0 Å². The minimum absolute atomic E-state index is 0.319. The summed E-state index contributed by atoms with van der Waals surface area (Å²) in [5.74, 6) is 0. The molecule has 0 saturated carbocycles. The van der Waals surface area contributed by atoms with Gasteiger partial charge in [0.2, 0.25) is 0 Å². The Hall–Kier alpha value is -1.60. The summed E-state index contributed by atoms with van der Waals surface area (Å²) in [5.41, 5.74) is 5.75. The highest BCUT2D eigenvalue weighted by molar-refractivity contribution is 5.76. The van der Waals surface area contributed by atoms with Crippen LogP contribution < -0.4 is 0 Å². The van der Waals surface area contributed by atoms with E-state index in [1.807, 2.05) is 6.92 Å². The number of rotatable bonds is 1. The van der Waals surface area contributed by atoms with E-state index in [0.29, 0.717) is 6.61 Å². The Morgan fingerprint density at radius 1 is 0.882 bits per heavy atom. The minimum Gasteiger partial charge on any atom is -0.396 e. The molecule has 0 aromatic heterocycles. The normalized spacial score (nSPS) is 11.2. The molecule has 88 valence electrons. The van der Waals surface area contributed by atoms with Crippen LogP contribution in [-0.4, -0.2) is 11.7 Å². The second-order valence-corrected chi connectivity index (χ2v) is 4.21. The first-order chi connectivity index (χ1) is 8.36. The third-order valence-corrected chi connectivity index (χ3v) is 2.93. The molecule has 0 atom stereocenters. The average Bonchev–Trinajstić information content (AvgIpc) is 2.77. The van der Waals surface area contributed by atoms with E-state index in [4.69, 9.17) is 5.11 Å². The molecule has 2 aromatic carbocycles. The smallest absolute Gasteiger partial charge is 0.0428 e. The molecule has 1 heteroatoms. The molecule has 17 heavy (non-hydrogen) atoms. The van der Waals surface area contributed by atoms with Gasteiger partial charge in [-0.05, 0) is 35.1 Å². The van der Waals surface area contributed by atoms with E-state index in [1.54, 1.807) is 0 Å². The molecule has 1 N–H and O–H groups in total. The summed E-state index contributed by atoms with van der Waals surface area (Å²) in [6, 6.07) is 17.3. The van der Waals surface area contributed by atoms with Gasteiger partial charge in [0.15, 0.2) is 0 Å². The molecule has 0 aliphatic heterocycles. The van der Waals surface area contributed by atoms with Crippen LogP contribution in [0.3, 0.4) is 0 Å². The Kier molecular flexibility index (Phi) is 3.94. The number of fused-ring (bicyclic) bond motifs is 3. The minimum atomic E-state index is 0.319. The van der Waals surface area contributed by atoms with E-state index in [2.05, 4.69) is 48.5 Å². The number of aliphatic hydroxyl groups is 1. The maximum atomic E-state index is 7.88. The lowest BCUT2D eigenvalue weighted by Gasteiger charge is -1.98. The van der Waals surface area contributed by atoms with Gasteiger partial charge in [0.05, 0.1) is 0 Å². The van der Waals surface area contributed by atoms with Gasteiger partial charge in [0.25, 0.3) is 0 Å². The highest BCUT2D eigenvalue weighted by Crippen LogP contribution is 2.35. The third kappa shape index (κ3) is 2.56. The lowest BCUT2D eigenvalue weighted by atomic mass is 10.1. The van der Waals surface area contributed by atoms with Crippen molar-refractivity contribution in [1.82, 2.24) is 0 Å². The van der Waals surface area contributed by atoms with Gasteiger partial charge in [0, 0.05) is 6.61 Å². The summed E-state index contributed by atoms with van der Waals surface area (Å²) >= 11 is 0. The maximum absolute atomic E-state index is 7.88. The van der Waals surface area contributed by atoms with Crippen molar-refractivity contribution in [2.75, 3.05) is 6.61 Å². The van der Waals surface area contributed by atoms with Crippen LogP contribution in [-0.2, 0) is 6.42 Å². The zero-order chi connectivity index (χ0) is 12.1. The monoisotopic (exact) mass is 226 g/mol. The quantitative estimate of drug-likeness (QED) is 0.671. The Balaban J connectivity index is 0.000000239. The predicted molar refractivity (Wildman–Crippen MR) is 72.1 cm³/mol. The first-order valence-electron chi connectivity index (χ1n) is 6.14. The summed E-state index contributed by atoms with van der Waals surface area (Å²) in [5, 5.41) is 7.88. The molecule has 3 rings (SSSR count). The molecule has 2 aromatic rings. The molecule has 1 nitrogen and oxygen atoms in total. The largest absolute Gasteiger partial charge is 0.396 e. The average molecular weight is 226 g/mol. The standard InChI is InChI=1S/C13H10.C3H8O/c1-3-7-12-10(5-1)9-11-6-2-4-8-13(11)12;1-2-3-4/h1-8H,9H2;4H,2-3H2,1H3. The summed E-state index contributed by atoms with van der Waals surface area (Å²) in [7, 11) is 0. The SMILES string of the molecule is CCCO.c1ccc2c(c1)Cc1ccccc1-2. The number of hydrogen-bond acceptors (Lipinski definition) is 1. The fourth-order valence-electron chi connectivity index (χ4n) is 2.08. The van der Waals surface area contributed by atoms with E-state index >= 15 is 0 Å². The van der Waals surface area contributed by atoms with Gasteiger partial charge < -0.3 is 5.11 Å². The summed E-state index contributed by atoms with van der Waals surface area (Å²) in [4.78, 5) is 0. The van der Waals surface area contributed by atoms with E-state index < -0.39 is 0 Å². The van der Waals surface area contributed by atoms with Crippen molar-refractivity contribution >= 4 is 0 Å². The first kappa shape index (κ1) is 11.9. The van der Waals surface area contributed by atoms with Crippen molar-refractivity contribution in [3.63, 3.8) is 0 Å². The Bertz CT molecular complexity index is 443. The van der Waals surface area contributed by atoms with E-state index in [0.717, 1.165) is 12.8 Å². The van der Waals surface area contributed by atoms with Crippen LogP contribution in [0.25, 0.3) is 11.1 Å². The van der Waals surface area contributed by atoms with Crippen molar-refractivity contribution in [3.05, 3.63) is 59.7 Å². The van der Waals surface area contributed by atoms with Crippen LogP contribution in [0, 0.1) is 0 Å². The summed E-state index contributed by atoms with van der Waals surface area (Å²) in [6.45, 7) is 2.25. The molecule has 1 aliphatic carbocycles. The molecule has 0 amide bonds. The van der Waals surface area contributed by atoms with E-state index in [-0.39, 0.29) is 0 Å². The first-order valence-corrected chi connectivity index (χ1v) is 6.14. The van der Waals surface area contributed by atoms with Gasteiger partial charge in [-0.3, -0.25) is 0 Å². The Labute approximate surface area is 103 Å². The molecular formula is C16H18O. The van der Waals surface area contributed by atoms with Crippen molar-refractivity contribution in [2.24, 2.45) is 0 Å². The van der Waals surface area contributed by atoms with Gasteiger partial charge in [0.1, 0.15) is 0 Å². The van der Waals surface area contributed by atoms with Gasteiger partial charge in [-0.1, -0.05) is 55.5 Å². The second kappa shape index (κ2) is 5.65. The van der Waals surface area contributed by atoms with E-state index in [1.165, 1.54) is 22.3 Å². The van der Waals surface area contributed by atoms with Crippen LogP contribution in [0.4, 0.5) is 0 Å². The maximum Gasteiger partial charge on any atom is 0.0428 e. The number of benzene rings is 2. The zero-order valence-electron chi connectivity index (χ0n) is 10.2. The van der Waals surface area contributed by atoms with Gasteiger partial charge in [-0.15, -0.1) is 0 Å². The van der Waals surface area contributed by atoms with Gasteiger partial charge >= 0.3 is 0 Å². The summed E-state index contributed by atoms with van der Waals surface area (Å²) < 4.78 is 0. The third-order valence-electron chi connectivity index (χ3n) is 2.93. The fourth-order valence-corrected chi connectivity index (χ4v) is 2.08. The number of aliphatic hydroxyl groups excluding tert-OH is 1. The van der Waals surface area contributed by atoms with Crippen molar-refractivity contribution in [3.8, 4) is 11.1 Å². The molecule has 1 aliphatic rings. The molecule has 0 unspecified atom stereocenters. The van der Waals surface area contributed by atoms with Crippen molar-refractivity contribution in [1.29, 1.82) is 0 Å². The Morgan fingerprint density at radius 3 is 1.71 bits per heavy atom. The molecular weight excluding hydrogens is 208 g/mol. The Morgan fingerprint density at radius 2 is 1.29 bits per heavy atom. The van der Waals surface area contributed by atoms with Crippen LogP contribution in [0.1, 0.15) is 24.5 Å². The van der Waals surface area contributed by atoms with Crippen LogP contribution >= 0.6 is 0 Å². The molecule has 0 heterocycles. The molecule has 0 radical (unpaired) electrons. The highest BCUT2D eigenvalue weighted by atomic mass is 16.2. The molecule has 0 bridgehead atoms. The van der Waals surface area contributed by atoms with E-state index in [9.17, 15) is 0 Å². The summed E-state index contributed by atoms with van der Waals surface area (Å²) in [6.07, 6.45) is 1.98. The molecule has 0 fully saturated rings. The number of hydrogen-bond donors (Lipinski definition) is 1. The van der Waals surface area contributed by atoms with Crippen molar-refractivity contribution in [2.45, 2.75) is 19.8 Å². The zero-order valence-corrected chi connectivity index (χ0v) is 10.2. The predicted octanol–water partition coefficient (Wildman–Crippen LogP) is 3.65. The fraction of sp³-hybridized carbons (Fsp3) is 0.250. The lowest BCUT2D eigenvalue weighted by molar-refractivity contribution is 0.295. The lowest BCUT2D eigenvalue weighted by Crippen LogP contribution is -1.77. The molecule has 0 saturated heterocycles. The topological polar surface area (TPSA) is 20.2 Å². The molecule has 0 spiro atoms.